The lowest BCUT2D eigenvalue weighted by atomic mass is 9.60. The second kappa shape index (κ2) is 4.98. The molecule has 1 aliphatic heterocycles. The highest BCUT2D eigenvalue weighted by Crippen LogP contribution is 2.56. The van der Waals surface area contributed by atoms with Gasteiger partial charge in [-0.1, -0.05) is 25.4 Å². The SMILES string of the molecule is CC(=O)O[C@@H]1CC(Cl)=C2C=C3OC(=O)C(C)=C3C[C@]2(C)[C@H]1C. The third kappa shape index (κ3) is 2.12. The molecule has 4 nitrogen and oxygen atoms in total. The second-order valence-corrected chi connectivity index (χ2v) is 7.01. The summed E-state index contributed by atoms with van der Waals surface area (Å²) in [6, 6.07) is 0. The van der Waals surface area contributed by atoms with Gasteiger partial charge in [-0.15, -0.1) is 0 Å². The summed E-state index contributed by atoms with van der Waals surface area (Å²) in [6.07, 6.45) is 2.81. The molecule has 2 aliphatic carbocycles. The van der Waals surface area contributed by atoms with Crippen molar-refractivity contribution in [1.82, 2.24) is 0 Å². The van der Waals surface area contributed by atoms with Gasteiger partial charge in [-0.2, -0.15) is 0 Å². The van der Waals surface area contributed by atoms with Gasteiger partial charge in [0.1, 0.15) is 11.9 Å². The molecule has 3 aliphatic rings. The largest absolute Gasteiger partial charge is 0.462 e. The van der Waals surface area contributed by atoms with E-state index in [4.69, 9.17) is 21.1 Å². The highest BCUT2D eigenvalue weighted by atomic mass is 35.5. The zero-order valence-electron chi connectivity index (χ0n) is 13.2. The Morgan fingerprint density at radius 2 is 2.18 bits per heavy atom. The van der Waals surface area contributed by atoms with Gasteiger partial charge in [0, 0.05) is 40.9 Å². The number of allylic oxidation sites excluding steroid dienone is 3. The number of hydrogen-bond acceptors (Lipinski definition) is 4. The van der Waals surface area contributed by atoms with Gasteiger partial charge in [0.2, 0.25) is 0 Å². The summed E-state index contributed by atoms with van der Waals surface area (Å²) in [5.41, 5.74) is 2.32. The molecule has 3 rings (SSSR count). The quantitative estimate of drug-likeness (QED) is 0.692. The van der Waals surface area contributed by atoms with Crippen LogP contribution in [0.25, 0.3) is 0 Å². The number of carbonyl (C=O) groups is 2. The van der Waals surface area contributed by atoms with E-state index in [1.54, 1.807) is 6.92 Å². The summed E-state index contributed by atoms with van der Waals surface area (Å²) in [7, 11) is 0. The Kier molecular flexibility index (Phi) is 3.48. The molecule has 0 radical (unpaired) electrons. The van der Waals surface area contributed by atoms with E-state index in [9.17, 15) is 9.59 Å². The third-order valence-electron chi connectivity index (χ3n) is 5.25. The van der Waals surface area contributed by atoms with E-state index >= 15 is 0 Å². The lowest BCUT2D eigenvalue weighted by Gasteiger charge is -2.47. The maximum atomic E-state index is 11.8. The van der Waals surface area contributed by atoms with Crippen molar-refractivity contribution in [3.63, 3.8) is 0 Å². The first-order chi connectivity index (χ1) is 10.2. The van der Waals surface area contributed by atoms with Crippen molar-refractivity contribution in [3.8, 4) is 0 Å². The van der Waals surface area contributed by atoms with Gasteiger partial charge in [-0.25, -0.2) is 4.79 Å². The molecule has 0 amide bonds. The van der Waals surface area contributed by atoms with E-state index in [2.05, 4.69) is 13.8 Å². The highest BCUT2D eigenvalue weighted by molar-refractivity contribution is 6.30. The Morgan fingerprint density at radius 1 is 1.50 bits per heavy atom. The minimum atomic E-state index is -0.296. The molecule has 0 aromatic carbocycles. The molecule has 0 spiro atoms. The number of carbonyl (C=O) groups excluding carboxylic acids is 2. The molecule has 0 N–H and O–H groups in total. The number of hydrogen-bond donors (Lipinski definition) is 0. The van der Waals surface area contributed by atoms with Crippen molar-refractivity contribution in [3.05, 3.63) is 33.6 Å². The topological polar surface area (TPSA) is 52.6 Å². The third-order valence-corrected chi connectivity index (χ3v) is 5.60. The first kappa shape index (κ1) is 15.3. The Hall–Kier alpha value is -1.55. The fraction of sp³-hybridized carbons (Fsp3) is 0.529. The molecule has 0 aromatic heterocycles. The molecule has 0 saturated heterocycles. The summed E-state index contributed by atoms with van der Waals surface area (Å²) in [6.45, 7) is 7.39. The molecule has 0 fully saturated rings. The first-order valence-corrected chi connectivity index (χ1v) is 7.82. The zero-order chi connectivity index (χ0) is 16.2. The summed E-state index contributed by atoms with van der Waals surface area (Å²) < 4.78 is 10.8. The predicted octanol–water partition coefficient (Wildman–Crippen LogP) is 3.62. The summed E-state index contributed by atoms with van der Waals surface area (Å²) >= 11 is 6.47. The molecular formula is C17H19ClO4. The average molecular weight is 323 g/mol. The first-order valence-electron chi connectivity index (χ1n) is 7.44. The van der Waals surface area contributed by atoms with Gasteiger partial charge in [0.15, 0.2) is 0 Å². The molecular weight excluding hydrogens is 304 g/mol. The maximum Gasteiger partial charge on any atom is 0.339 e. The van der Waals surface area contributed by atoms with Crippen LogP contribution >= 0.6 is 11.6 Å². The van der Waals surface area contributed by atoms with Gasteiger partial charge in [0.05, 0.1) is 0 Å². The van der Waals surface area contributed by atoms with Gasteiger partial charge < -0.3 is 9.47 Å². The number of halogens is 1. The van der Waals surface area contributed by atoms with Crippen LogP contribution in [0.2, 0.25) is 0 Å². The Balaban J connectivity index is 2.08. The Labute approximate surface area is 134 Å². The van der Waals surface area contributed by atoms with Crippen molar-refractivity contribution >= 4 is 23.5 Å². The maximum absolute atomic E-state index is 11.8. The Morgan fingerprint density at radius 3 is 2.82 bits per heavy atom. The van der Waals surface area contributed by atoms with Crippen LogP contribution in [-0.4, -0.2) is 18.0 Å². The standard InChI is InChI=1S/C17H19ClO4/c1-8-11-7-17(4)9(2)14(21-10(3)19)6-13(18)12(17)5-15(11)22-16(8)20/h5,9,14H,6-7H2,1-4H3/t9-,14+,17+/m0/s1. The van der Waals surface area contributed by atoms with Gasteiger partial charge in [-0.3, -0.25) is 4.79 Å². The van der Waals surface area contributed by atoms with Crippen molar-refractivity contribution < 1.29 is 19.1 Å². The summed E-state index contributed by atoms with van der Waals surface area (Å²) in [5, 5.41) is 0.680. The molecule has 0 unspecified atom stereocenters. The van der Waals surface area contributed by atoms with Crippen molar-refractivity contribution in [2.75, 3.05) is 0 Å². The highest BCUT2D eigenvalue weighted by Gasteiger charge is 2.49. The van der Waals surface area contributed by atoms with Crippen LogP contribution in [0.15, 0.2) is 33.6 Å². The normalized spacial score (nSPS) is 34.0. The molecule has 0 saturated carbocycles. The van der Waals surface area contributed by atoms with E-state index in [1.165, 1.54) is 6.92 Å². The second-order valence-electron chi connectivity index (χ2n) is 6.56. The molecule has 0 aromatic rings. The zero-order valence-corrected chi connectivity index (χ0v) is 13.9. The van der Waals surface area contributed by atoms with E-state index < -0.39 is 0 Å². The van der Waals surface area contributed by atoms with Crippen LogP contribution in [-0.2, 0) is 19.1 Å². The van der Waals surface area contributed by atoms with Crippen LogP contribution < -0.4 is 0 Å². The smallest absolute Gasteiger partial charge is 0.339 e. The molecule has 3 atom stereocenters. The van der Waals surface area contributed by atoms with Crippen LogP contribution in [0.4, 0.5) is 0 Å². The van der Waals surface area contributed by atoms with Crippen LogP contribution in [0.1, 0.15) is 40.5 Å². The monoisotopic (exact) mass is 322 g/mol. The summed E-state index contributed by atoms with van der Waals surface area (Å²) in [4.78, 5) is 23.1. The fourth-order valence-electron chi connectivity index (χ4n) is 3.67. The van der Waals surface area contributed by atoms with Crippen molar-refractivity contribution in [2.45, 2.75) is 46.6 Å². The van der Waals surface area contributed by atoms with Gasteiger partial charge in [0.25, 0.3) is 0 Å². The Bertz CT molecular complexity index is 670. The molecule has 1 heterocycles. The summed E-state index contributed by atoms with van der Waals surface area (Å²) in [5.74, 6) is 0.133. The number of fused-ring (bicyclic) bond motifs is 2. The minimum absolute atomic E-state index is 0.0997. The van der Waals surface area contributed by atoms with Crippen LogP contribution in [0.5, 0.6) is 0 Å². The van der Waals surface area contributed by atoms with E-state index in [1.807, 2.05) is 6.08 Å². The van der Waals surface area contributed by atoms with Crippen LogP contribution in [0.3, 0.4) is 0 Å². The average Bonchev–Trinajstić information content (AvgIpc) is 2.70. The molecule has 0 bridgehead atoms. The van der Waals surface area contributed by atoms with E-state index in [0.717, 1.165) is 11.1 Å². The van der Waals surface area contributed by atoms with Crippen LogP contribution in [0, 0.1) is 11.3 Å². The van der Waals surface area contributed by atoms with Crippen molar-refractivity contribution in [1.29, 1.82) is 0 Å². The van der Waals surface area contributed by atoms with Gasteiger partial charge >= 0.3 is 11.9 Å². The number of rotatable bonds is 1. The lowest BCUT2D eigenvalue weighted by Crippen LogP contribution is -2.43. The minimum Gasteiger partial charge on any atom is -0.462 e. The van der Waals surface area contributed by atoms with Crippen molar-refractivity contribution in [2.24, 2.45) is 11.3 Å². The predicted molar refractivity (Wildman–Crippen MR) is 81.8 cm³/mol. The molecule has 22 heavy (non-hydrogen) atoms. The number of esters is 2. The number of ether oxygens (including phenoxy) is 2. The molecule has 118 valence electrons. The fourth-order valence-corrected chi connectivity index (χ4v) is 4.09. The van der Waals surface area contributed by atoms with E-state index in [0.29, 0.717) is 29.2 Å². The molecule has 5 heteroatoms. The lowest BCUT2D eigenvalue weighted by molar-refractivity contribution is -0.151. The van der Waals surface area contributed by atoms with Gasteiger partial charge in [-0.05, 0) is 25.0 Å². The van der Waals surface area contributed by atoms with E-state index in [-0.39, 0.29) is 29.4 Å².